The van der Waals surface area contributed by atoms with Gasteiger partial charge in [0.15, 0.2) is 0 Å². The molecule has 1 amide bonds. The third kappa shape index (κ3) is 4.39. The summed E-state index contributed by atoms with van der Waals surface area (Å²) in [6.07, 6.45) is 0. The fourth-order valence-electron chi connectivity index (χ4n) is 3.07. The first kappa shape index (κ1) is 18.3. The highest BCUT2D eigenvalue weighted by Gasteiger charge is 2.26. The molecule has 8 heteroatoms. The Labute approximate surface area is 156 Å². The van der Waals surface area contributed by atoms with E-state index in [2.05, 4.69) is 15.1 Å². The third-order valence-corrected chi connectivity index (χ3v) is 5.54. The van der Waals surface area contributed by atoms with Gasteiger partial charge in [0.05, 0.1) is 17.5 Å². The quantitative estimate of drug-likeness (QED) is 0.621. The summed E-state index contributed by atoms with van der Waals surface area (Å²) in [5.41, 5.74) is 0.958. The number of carbonyl (C=O) groups excluding carboxylic acids is 1. The molecule has 1 aromatic carbocycles. The van der Waals surface area contributed by atoms with Crippen LogP contribution in [0.1, 0.15) is 11.8 Å². The Morgan fingerprint density at radius 1 is 1.27 bits per heavy atom. The lowest BCUT2D eigenvalue weighted by molar-refractivity contribution is -0.384. The molecule has 2 aromatic rings. The number of hydrogen-bond acceptors (Lipinski definition) is 6. The van der Waals surface area contributed by atoms with Crippen LogP contribution in [0.15, 0.2) is 41.8 Å². The average molecular weight is 374 g/mol. The minimum absolute atomic E-state index is 0.0298. The van der Waals surface area contributed by atoms with Gasteiger partial charge in [-0.1, -0.05) is 12.1 Å². The third-order valence-electron chi connectivity index (χ3n) is 4.66. The molecule has 1 N–H and O–H groups in total. The minimum Gasteiger partial charge on any atom is -0.369 e. The zero-order valence-electron chi connectivity index (χ0n) is 14.6. The number of carbonyl (C=O) groups is 1. The molecule has 1 atom stereocenters. The summed E-state index contributed by atoms with van der Waals surface area (Å²) in [6.45, 7) is 5.46. The van der Waals surface area contributed by atoms with Crippen LogP contribution in [0, 0.1) is 10.1 Å². The van der Waals surface area contributed by atoms with E-state index in [-0.39, 0.29) is 22.6 Å². The summed E-state index contributed by atoms with van der Waals surface area (Å²) in [4.78, 5) is 28.3. The van der Waals surface area contributed by atoms with Crippen molar-refractivity contribution in [2.24, 2.45) is 0 Å². The Hall–Kier alpha value is -2.45. The molecule has 0 bridgehead atoms. The number of hydrogen-bond donors (Lipinski definition) is 1. The van der Waals surface area contributed by atoms with Crippen LogP contribution in [0.3, 0.4) is 0 Å². The standard InChI is InChI=1S/C18H22N4O3S/c1-14(18(23)19-13-17-6-3-11-26-17)20-7-9-21(10-8-20)15-4-2-5-16(12-15)22(24)25/h2-6,11-12,14H,7-10,13H2,1H3,(H,19,23). The van der Waals surface area contributed by atoms with Crippen LogP contribution in [0.2, 0.25) is 0 Å². The molecular weight excluding hydrogens is 352 g/mol. The summed E-state index contributed by atoms with van der Waals surface area (Å²) < 4.78 is 0. The number of nitrogens with one attached hydrogen (secondary N) is 1. The Balaban J connectivity index is 1.52. The van der Waals surface area contributed by atoms with E-state index in [1.54, 1.807) is 23.5 Å². The molecule has 1 unspecified atom stereocenters. The number of benzene rings is 1. The Morgan fingerprint density at radius 2 is 2.04 bits per heavy atom. The van der Waals surface area contributed by atoms with E-state index in [4.69, 9.17) is 0 Å². The van der Waals surface area contributed by atoms with Gasteiger partial charge < -0.3 is 10.2 Å². The lowest BCUT2D eigenvalue weighted by Gasteiger charge is -2.38. The summed E-state index contributed by atoms with van der Waals surface area (Å²) in [7, 11) is 0. The van der Waals surface area contributed by atoms with Crippen LogP contribution in [0.4, 0.5) is 11.4 Å². The summed E-state index contributed by atoms with van der Waals surface area (Å²) in [5.74, 6) is 0.0298. The van der Waals surface area contributed by atoms with E-state index in [0.717, 1.165) is 36.7 Å². The second kappa shape index (κ2) is 8.29. The van der Waals surface area contributed by atoms with E-state index >= 15 is 0 Å². The maximum absolute atomic E-state index is 12.4. The topological polar surface area (TPSA) is 78.7 Å². The monoisotopic (exact) mass is 374 g/mol. The van der Waals surface area contributed by atoms with Gasteiger partial charge in [-0.25, -0.2) is 0 Å². The Kier molecular flexibility index (Phi) is 5.85. The molecule has 138 valence electrons. The van der Waals surface area contributed by atoms with Crippen molar-refractivity contribution < 1.29 is 9.72 Å². The highest BCUT2D eigenvalue weighted by molar-refractivity contribution is 7.09. The minimum atomic E-state index is -0.375. The highest BCUT2D eigenvalue weighted by Crippen LogP contribution is 2.22. The molecule has 3 rings (SSSR count). The van der Waals surface area contributed by atoms with Crippen molar-refractivity contribution in [2.75, 3.05) is 31.1 Å². The van der Waals surface area contributed by atoms with Crippen molar-refractivity contribution in [3.8, 4) is 0 Å². The number of rotatable bonds is 6. The molecule has 1 aliphatic rings. The van der Waals surface area contributed by atoms with Crippen molar-refractivity contribution >= 4 is 28.6 Å². The van der Waals surface area contributed by atoms with Crippen molar-refractivity contribution in [2.45, 2.75) is 19.5 Å². The van der Waals surface area contributed by atoms with Crippen molar-refractivity contribution in [3.63, 3.8) is 0 Å². The SMILES string of the molecule is CC(C(=O)NCc1cccs1)N1CCN(c2cccc([N+](=O)[O-])c2)CC1. The molecule has 0 aliphatic carbocycles. The second-order valence-corrected chi connectivity index (χ2v) is 7.31. The van der Waals surface area contributed by atoms with E-state index in [9.17, 15) is 14.9 Å². The Morgan fingerprint density at radius 3 is 2.69 bits per heavy atom. The number of anilines is 1. The maximum atomic E-state index is 12.4. The predicted octanol–water partition coefficient (Wildman–Crippen LogP) is 2.48. The van der Waals surface area contributed by atoms with E-state index in [0.29, 0.717) is 6.54 Å². The highest BCUT2D eigenvalue weighted by atomic mass is 32.1. The Bertz CT molecular complexity index is 758. The van der Waals surface area contributed by atoms with Gasteiger partial charge in [-0.3, -0.25) is 19.8 Å². The fraction of sp³-hybridized carbons (Fsp3) is 0.389. The van der Waals surface area contributed by atoms with Gasteiger partial charge in [0.2, 0.25) is 5.91 Å². The predicted molar refractivity (Wildman–Crippen MR) is 103 cm³/mol. The van der Waals surface area contributed by atoms with Crippen LogP contribution in [-0.2, 0) is 11.3 Å². The van der Waals surface area contributed by atoms with Crippen LogP contribution in [0.5, 0.6) is 0 Å². The average Bonchev–Trinajstić information content (AvgIpc) is 3.19. The zero-order chi connectivity index (χ0) is 18.5. The lowest BCUT2D eigenvalue weighted by atomic mass is 10.2. The van der Waals surface area contributed by atoms with Crippen molar-refractivity contribution in [1.29, 1.82) is 0 Å². The van der Waals surface area contributed by atoms with Gasteiger partial charge in [0.25, 0.3) is 5.69 Å². The smallest absolute Gasteiger partial charge is 0.271 e. The number of nitro groups is 1. The summed E-state index contributed by atoms with van der Waals surface area (Å²) >= 11 is 1.63. The van der Waals surface area contributed by atoms with Crippen molar-refractivity contribution in [1.82, 2.24) is 10.2 Å². The molecule has 1 fully saturated rings. The van der Waals surface area contributed by atoms with Gasteiger partial charge in [-0.2, -0.15) is 0 Å². The largest absolute Gasteiger partial charge is 0.369 e. The number of nitrogens with zero attached hydrogens (tertiary/aromatic N) is 3. The van der Waals surface area contributed by atoms with Gasteiger partial charge in [-0.15, -0.1) is 11.3 Å². The number of nitro benzene ring substituents is 1. The normalized spacial score (nSPS) is 16.3. The van der Waals surface area contributed by atoms with Crippen LogP contribution >= 0.6 is 11.3 Å². The summed E-state index contributed by atoms with van der Waals surface area (Å²) in [6, 6.07) is 10.5. The fourth-order valence-corrected chi connectivity index (χ4v) is 3.72. The van der Waals surface area contributed by atoms with Gasteiger partial charge in [0.1, 0.15) is 0 Å². The zero-order valence-corrected chi connectivity index (χ0v) is 15.4. The first-order chi connectivity index (χ1) is 12.5. The second-order valence-electron chi connectivity index (χ2n) is 6.27. The maximum Gasteiger partial charge on any atom is 0.271 e. The van der Waals surface area contributed by atoms with Crippen molar-refractivity contribution in [3.05, 3.63) is 56.8 Å². The molecule has 1 aliphatic heterocycles. The first-order valence-corrected chi connectivity index (χ1v) is 9.46. The van der Waals surface area contributed by atoms with Gasteiger partial charge >= 0.3 is 0 Å². The van der Waals surface area contributed by atoms with Crippen LogP contribution in [-0.4, -0.2) is 48.0 Å². The number of amides is 1. The van der Waals surface area contributed by atoms with E-state index < -0.39 is 0 Å². The van der Waals surface area contributed by atoms with E-state index in [1.807, 2.05) is 30.5 Å². The first-order valence-electron chi connectivity index (χ1n) is 8.58. The lowest BCUT2D eigenvalue weighted by Crippen LogP contribution is -2.53. The number of thiophene rings is 1. The molecule has 1 aromatic heterocycles. The van der Waals surface area contributed by atoms with Crippen LogP contribution in [0.25, 0.3) is 0 Å². The van der Waals surface area contributed by atoms with Crippen LogP contribution < -0.4 is 10.2 Å². The molecule has 1 saturated heterocycles. The van der Waals surface area contributed by atoms with E-state index in [1.165, 1.54) is 6.07 Å². The number of piperazine rings is 1. The molecule has 0 spiro atoms. The molecule has 0 radical (unpaired) electrons. The van der Waals surface area contributed by atoms with Gasteiger partial charge in [-0.05, 0) is 24.4 Å². The van der Waals surface area contributed by atoms with Gasteiger partial charge in [0, 0.05) is 48.9 Å². The molecule has 2 heterocycles. The molecule has 0 saturated carbocycles. The molecule has 7 nitrogen and oxygen atoms in total. The molecule has 26 heavy (non-hydrogen) atoms. The summed E-state index contributed by atoms with van der Waals surface area (Å²) in [5, 5.41) is 15.9. The molecular formula is C18H22N4O3S. The number of non-ortho nitro benzene ring substituents is 1.